The number of carbonyl (C=O) groups excluding carboxylic acids is 2. The Labute approximate surface area is 162 Å². The Morgan fingerprint density at radius 1 is 1.21 bits per heavy atom. The fourth-order valence-electron chi connectivity index (χ4n) is 3.24. The molecule has 0 saturated carbocycles. The van der Waals surface area contributed by atoms with Gasteiger partial charge in [-0.3, -0.25) is 9.59 Å². The van der Waals surface area contributed by atoms with E-state index in [0.717, 1.165) is 0 Å². The lowest BCUT2D eigenvalue weighted by Crippen LogP contribution is -2.41. The van der Waals surface area contributed by atoms with E-state index >= 15 is 0 Å². The first kappa shape index (κ1) is 20.0. The first-order chi connectivity index (χ1) is 13.2. The van der Waals surface area contributed by atoms with Gasteiger partial charge in [0.1, 0.15) is 16.4 Å². The van der Waals surface area contributed by atoms with Crippen LogP contribution in [-0.2, 0) is 21.9 Å². The Balaban J connectivity index is 1.65. The molecule has 1 aromatic carbocycles. The quantitative estimate of drug-likeness (QED) is 0.776. The van der Waals surface area contributed by atoms with E-state index in [1.165, 1.54) is 39.3 Å². The van der Waals surface area contributed by atoms with Gasteiger partial charge in [0.25, 0.3) is 5.91 Å². The minimum Gasteiger partial charge on any atom is -0.364 e. The van der Waals surface area contributed by atoms with Gasteiger partial charge < -0.3 is 15.6 Å². The molecule has 10 heteroatoms. The summed E-state index contributed by atoms with van der Waals surface area (Å²) in [6, 6.07) is 6.85. The Hall–Kier alpha value is -2.72. The molecular weight excluding hydrogens is 387 g/mol. The van der Waals surface area contributed by atoms with E-state index in [0.29, 0.717) is 18.5 Å². The highest BCUT2D eigenvalue weighted by Crippen LogP contribution is 2.26. The van der Waals surface area contributed by atoms with Gasteiger partial charge in [-0.25, -0.2) is 12.8 Å². The normalized spacial score (nSPS) is 16.1. The predicted octanol–water partition coefficient (Wildman–Crippen LogP) is 1.30. The lowest BCUT2D eigenvalue weighted by molar-refractivity contribution is -0.120. The molecule has 0 aliphatic carbocycles. The fraction of sp³-hybridized carbons (Fsp3) is 0.333. The summed E-state index contributed by atoms with van der Waals surface area (Å²) in [7, 11) is -2.24. The molecule has 28 heavy (non-hydrogen) atoms. The zero-order valence-electron chi connectivity index (χ0n) is 15.3. The van der Waals surface area contributed by atoms with Crippen LogP contribution in [0.15, 0.2) is 41.4 Å². The van der Waals surface area contributed by atoms with Crippen molar-refractivity contribution in [3.63, 3.8) is 0 Å². The molecule has 2 aromatic rings. The third-order valence-corrected chi connectivity index (χ3v) is 6.65. The summed E-state index contributed by atoms with van der Waals surface area (Å²) >= 11 is 0. The summed E-state index contributed by atoms with van der Waals surface area (Å²) in [4.78, 5) is 23.7. The van der Waals surface area contributed by atoms with Crippen LogP contribution in [0.25, 0.3) is 0 Å². The summed E-state index contributed by atoms with van der Waals surface area (Å²) < 4.78 is 41.5. The smallest absolute Gasteiger partial charge is 0.265 e. The second kappa shape index (κ2) is 7.72. The van der Waals surface area contributed by atoms with Crippen LogP contribution >= 0.6 is 0 Å². The second-order valence-corrected chi connectivity index (χ2v) is 8.65. The van der Waals surface area contributed by atoms with Gasteiger partial charge in [-0.1, -0.05) is 6.07 Å². The number of nitrogens with zero attached hydrogens (tertiary/aromatic N) is 2. The van der Waals surface area contributed by atoms with Gasteiger partial charge in [-0.15, -0.1) is 0 Å². The molecule has 1 aromatic heterocycles. The molecule has 1 fully saturated rings. The number of primary amides is 1. The largest absolute Gasteiger partial charge is 0.364 e. The van der Waals surface area contributed by atoms with Crippen molar-refractivity contribution in [1.29, 1.82) is 0 Å². The number of halogens is 1. The number of rotatable bonds is 5. The molecule has 3 N–H and O–H groups in total. The molecule has 0 unspecified atom stereocenters. The monoisotopic (exact) mass is 408 g/mol. The SMILES string of the molecule is Cn1cc(S(=O)(=O)N2CCC(C(=O)Nc3cccc(F)c3)CC2)cc1C(N)=O. The van der Waals surface area contributed by atoms with Crippen LogP contribution in [0.5, 0.6) is 0 Å². The Morgan fingerprint density at radius 3 is 2.46 bits per heavy atom. The topological polar surface area (TPSA) is 114 Å². The average molecular weight is 408 g/mol. The Bertz CT molecular complexity index is 1010. The lowest BCUT2D eigenvalue weighted by atomic mass is 9.97. The van der Waals surface area contributed by atoms with Crippen molar-refractivity contribution < 1.29 is 22.4 Å². The van der Waals surface area contributed by atoms with Crippen LogP contribution in [0.3, 0.4) is 0 Å². The van der Waals surface area contributed by atoms with Crippen molar-refractivity contribution in [1.82, 2.24) is 8.87 Å². The zero-order chi connectivity index (χ0) is 20.5. The number of anilines is 1. The molecule has 0 spiro atoms. The number of aryl methyl sites for hydroxylation is 1. The number of nitrogens with two attached hydrogens (primary N) is 1. The molecule has 150 valence electrons. The molecule has 0 radical (unpaired) electrons. The highest BCUT2D eigenvalue weighted by molar-refractivity contribution is 7.89. The number of benzene rings is 1. The van der Waals surface area contributed by atoms with Gasteiger partial charge >= 0.3 is 0 Å². The van der Waals surface area contributed by atoms with E-state index in [2.05, 4.69) is 5.32 Å². The molecule has 2 amide bonds. The number of hydrogen-bond donors (Lipinski definition) is 2. The van der Waals surface area contributed by atoms with Crippen molar-refractivity contribution in [2.75, 3.05) is 18.4 Å². The first-order valence-electron chi connectivity index (χ1n) is 8.71. The van der Waals surface area contributed by atoms with E-state index in [4.69, 9.17) is 5.73 Å². The van der Waals surface area contributed by atoms with Crippen LogP contribution in [-0.4, -0.2) is 42.2 Å². The molecule has 1 aliphatic rings. The lowest BCUT2D eigenvalue weighted by Gasteiger charge is -2.30. The minimum atomic E-state index is -3.79. The zero-order valence-corrected chi connectivity index (χ0v) is 16.1. The van der Waals surface area contributed by atoms with E-state index in [1.54, 1.807) is 13.1 Å². The Kier molecular flexibility index (Phi) is 5.52. The summed E-state index contributed by atoms with van der Waals surface area (Å²) in [5.74, 6) is -1.79. The van der Waals surface area contributed by atoms with Crippen molar-refractivity contribution in [3.8, 4) is 0 Å². The number of amides is 2. The maximum atomic E-state index is 13.2. The van der Waals surface area contributed by atoms with Gasteiger partial charge in [0.2, 0.25) is 15.9 Å². The highest BCUT2D eigenvalue weighted by Gasteiger charge is 2.33. The third kappa shape index (κ3) is 4.07. The molecule has 2 heterocycles. The van der Waals surface area contributed by atoms with Crippen molar-refractivity contribution in [2.24, 2.45) is 18.7 Å². The standard InChI is InChI=1S/C18H21FN4O4S/c1-22-11-15(10-16(22)17(20)24)28(26,27)23-7-5-12(6-8-23)18(25)21-14-4-2-3-13(19)9-14/h2-4,9-12H,5-8H2,1H3,(H2,20,24)(H,21,25). The van der Waals surface area contributed by atoms with E-state index < -0.39 is 21.7 Å². The van der Waals surface area contributed by atoms with Crippen LogP contribution in [0.4, 0.5) is 10.1 Å². The molecule has 1 saturated heterocycles. The van der Waals surface area contributed by atoms with Gasteiger partial charge in [-0.2, -0.15) is 4.31 Å². The average Bonchev–Trinajstić information content (AvgIpc) is 3.05. The summed E-state index contributed by atoms with van der Waals surface area (Å²) in [5, 5.41) is 2.66. The van der Waals surface area contributed by atoms with Gasteiger partial charge in [0, 0.05) is 37.9 Å². The Morgan fingerprint density at radius 2 is 1.89 bits per heavy atom. The first-order valence-corrected chi connectivity index (χ1v) is 10.2. The summed E-state index contributed by atoms with van der Waals surface area (Å²) in [5.41, 5.74) is 5.70. The van der Waals surface area contributed by atoms with Crippen molar-refractivity contribution in [3.05, 3.63) is 48.0 Å². The number of piperidine rings is 1. The molecular formula is C18H21FN4O4S. The molecule has 1 aliphatic heterocycles. The maximum Gasteiger partial charge on any atom is 0.265 e. The fourth-order valence-corrected chi connectivity index (χ4v) is 4.78. The van der Waals surface area contributed by atoms with E-state index in [-0.39, 0.29) is 35.5 Å². The highest BCUT2D eigenvalue weighted by atomic mass is 32.2. The molecule has 0 bridgehead atoms. The van der Waals surface area contributed by atoms with Crippen LogP contribution in [0, 0.1) is 11.7 Å². The molecule has 0 atom stereocenters. The van der Waals surface area contributed by atoms with Gasteiger partial charge in [-0.05, 0) is 37.1 Å². The number of carbonyl (C=O) groups is 2. The maximum absolute atomic E-state index is 13.2. The van der Waals surface area contributed by atoms with Gasteiger partial charge in [0.15, 0.2) is 0 Å². The van der Waals surface area contributed by atoms with Crippen LogP contribution < -0.4 is 11.1 Å². The number of sulfonamides is 1. The van der Waals surface area contributed by atoms with E-state index in [1.807, 2.05) is 0 Å². The van der Waals surface area contributed by atoms with Crippen LogP contribution in [0.1, 0.15) is 23.3 Å². The van der Waals surface area contributed by atoms with Gasteiger partial charge in [0.05, 0.1) is 0 Å². The number of aromatic nitrogens is 1. The summed E-state index contributed by atoms with van der Waals surface area (Å²) in [6.45, 7) is 0.342. The second-order valence-electron chi connectivity index (χ2n) is 6.71. The van der Waals surface area contributed by atoms with E-state index in [9.17, 15) is 22.4 Å². The molecule has 8 nitrogen and oxygen atoms in total. The predicted molar refractivity (Wildman–Crippen MR) is 100 cm³/mol. The number of nitrogens with one attached hydrogen (secondary N) is 1. The number of hydrogen-bond acceptors (Lipinski definition) is 4. The van der Waals surface area contributed by atoms with Crippen molar-refractivity contribution >= 4 is 27.5 Å². The van der Waals surface area contributed by atoms with Crippen LogP contribution in [0.2, 0.25) is 0 Å². The third-order valence-electron chi connectivity index (χ3n) is 4.79. The minimum absolute atomic E-state index is 0.00791. The van der Waals surface area contributed by atoms with Crippen molar-refractivity contribution in [2.45, 2.75) is 17.7 Å². The molecule has 3 rings (SSSR count). The summed E-state index contributed by atoms with van der Waals surface area (Å²) in [6.07, 6.45) is 2.03.